The molecule has 1 aromatic carbocycles. The first kappa shape index (κ1) is 34.4. The van der Waals surface area contributed by atoms with Gasteiger partial charge in [-0.15, -0.1) is 13.2 Å². The summed E-state index contributed by atoms with van der Waals surface area (Å²) in [6, 6.07) is 6.98. The smallest absolute Gasteiger partial charge is 0.313 e. The van der Waals surface area contributed by atoms with Crippen LogP contribution in [-0.4, -0.2) is 88.1 Å². The second-order valence-electron chi connectivity index (χ2n) is 12.6. The van der Waals surface area contributed by atoms with Crippen molar-refractivity contribution in [3.05, 3.63) is 61.2 Å². The van der Waals surface area contributed by atoms with Crippen LogP contribution in [0, 0.1) is 11.8 Å². The molecule has 2 bridgehead atoms. The van der Waals surface area contributed by atoms with Gasteiger partial charge < -0.3 is 29.7 Å². The minimum atomic E-state index is -1.21. The number of hydrogen-bond donors (Lipinski definition) is 2. The van der Waals surface area contributed by atoms with Gasteiger partial charge in [-0.25, -0.2) is 0 Å². The summed E-state index contributed by atoms with van der Waals surface area (Å²) in [6.45, 7) is 13.6. The molecule has 1 spiro atoms. The van der Waals surface area contributed by atoms with Gasteiger partial charge in [0.25, 0.3) is 0 Å². The molecule has 0 unspecified atom stereocenters. The van der Waals surface area contributed by atoms with Crippen molar-refractivity contribution in [3.63, 3.8) is 0 Å². The summed E-state index contributed by atoms with van der Waals surface area (Å²) in [5.74, 6) is -3.28. The van der Waals surface area contributed by atoms with Crippen molar-refractivity contribution in [2.45, 2.75) is 102 Å². The van der Waals surface area contributed by atoms with Gasteiger partial charge >= 0.3 is 5.97 Å². The molecule has 8 atom stereocenters. The third kappa shape index (κ3) is 6.87. The summed E-state index contributed by atoms with van der Waals surface area (Å²) in [5, 5.41) is 13.1. The van der Waals surface area contributed by atoms with E-state index < -0.39 is 53.7 Å². The van der Waals surface area contributed by atoms with Crippen LogP contribution in [0.15, 0.2) is 55.6 Å². The summed E-state index contributed by atoms with van der Waals surface area (Å²) in [5.41, 5.74) is -0.502. The SMILES string of the molecule is C=CCCC(=O)N[C@H](C)[C@@H](OC(=O)[C@@H]1[C@@H]2CC[C@]3(O2)[C@H](C(=O)N(CC=C)CCCCC)N([C@H](C)CO)C(=O)[C@@H]13)c1ccccc1. The molecule has 10 heteroatoms. The average molecular weight is 624 g/mol. The van der Waals surface area contributed by atoms with E-state index in [-0.39, 0.29) is 30.7 Å². The van der Waals surface area contributed by atoms with Crippen LogP contribution in [0.1, 0.15) is 77.4 Å². The highest BCUT2D eigenvalue weighted by Crippen LogP contribution is 2.59. The number of likely N-dealkylation sites (tertiary alicyclic amines) is 1. The third-order valence-electron chi connectivity index (χ3n) is 9.47. The first-order valence-corrected chi connectivity index (χ1v) is 16.3. The molecule has 3 fully saturated rings. The number of nitrogens with zero attached hydrogens (tertiary/aromatic N) is 2. The number of esters is 1. The number of fused-ring (bicyclic) bond motifs is 1. The Kier molecular flexibility index (Phi) is 11.6. The van der Waals surface area contributed by atoms with E-state index in [1.54, 1.807) is 30.9 Å². The van der Waals surface area contributed by atoms with Crippen LogP contribution >= 0.6 is 0 Å². The molecule has 4 rings (SSSR count). The van der Waals surface area contributed by atoms with E-state index in [4.69, 9.17) is 9.47 Å². The Labute approximate surface area is 266 Å². The summed E-state index contributed by atoms with van der Waals surface area (Å²) < 4.78 is 12.7. The summed E-state index contributed by atoms with van der Waals surface area (Å²) >= 11 is 0. The van der Waals surface area contributed by atoms with Gasteiger partial charge in [0.2, 0.25) is 17.7 Å². The average Bonchev–Trinajstić information content (AvgIpc) is 3.69. The molecule has 0 aromatic heterocycles. The van der Waals surface area contributed by atoms with Crippen LogP contribution in [0.2, 0.25) is 0 Å². The first-order chi connectivity index (χ1) is 21.6. The fraction of sp³-hybridized carbons (Fsp3) is 0.600. The highest BCUT2D eigenvalue weighted by Gasteiger charge is 2.75. The number of carbonyl (C=O) groups is 4. The lowest BCUT2D eigenvalue weighted by molar-refractivity contribution is -0.162. The molecule has 246 valence electrons. The number of aliphatic hydroxyl groups is 1. The van der Waals surface area contributed by atoms with Gasteiger partial charge in [0.05, 0.1) is 36.6 Å². The molecule has 3 amide bonds. The van der Waals surface area contributed by atoms with E-state index in [1.807, 2.05) is 30.3 Å². The number of nitrogens with one attached hydrogen (secondary N) is 1. The summed E-state index contributed by atoms with van der Waals surface area (Å²) in [6.07, 6.45) is 6.42. The van der Waals surface area contributed by atoms with Crippen LogP contribution in [0.25, 0.3) is 0 Å². The van der Waals surface area contributed by atoms with Crippen LogP contribution in [0.4, 0.5) is 0 Å². The lowest BCUT2D eigenvalue weighted by Crippen LogP contribution is -2.58. The van der Waals surface area contributed by atoms with Crippen LogP contribution in [0.5, 0.6) is 0 Å². The maximum absolute atomic E-state index is 14.3. The molecule has 3 aliphatic heterocycles. The van der Waals surface area contributed by atoms with Gasteiger partial charge in [0.1, 0.15) is 17.7 Å². The van der Waals surface area contributed by atoms with Crippen molar-refractivity contribution in [3.8, 4) is 0 Å². The van der Waals surface area contributed by atoms with E-state index in [0.717, 1.165) is 19.3 Å². The minimum absolute atomic E-state index is 0.189. The second kappa shape index (κ2) is 15.2. The van der Waals surface area contributed by atoms with Crippen molar-refractivity contribution in [2.24, 2.45) is 11.8 Å². The number of amides is 3. The molecular weight excluding hydrogens is 574 g/mol. The Morgan fingerprint density at radius 1 is 1.20 bits per heavy atom. The van der Waals surface area contributed by atoms with Crippen LogP contribution < -0.4 is 5.32 Å². The van der Waals surface area contributed by atoms with Crippen molar-refractivity contribution in [1.82, 2.24) is 15.1 Å². The predicted octanol–water partition coefficient (Wildman–Crippen LogP) is 3.70. The lowest BCUT2D eigenvalue weighted by Gasteiger charge is -2.38. The standard InChI is InChI=1S/C35H49N3O7/c1-6-9-14-21-37(20-8-3)33(42)31-35-19-18-26(45-35)28(29(35)32(41)38(31)23(4)22-39)34(43)44-30(25-15-12-11-13-16-25)24(5)36-27(40)17-10-7-2/h7-8,11-13,15-16,23-24,26,28-31,39H,2-3,6,9-10,14,17-22H2,1,4-5H3,(H,36,40)/t23-,24-,26+,28-,29-,30-,31+,35-/m1/s1. The molecule has 0 aliphatic carbocycles. The van der Waals surface area contributed by atoms with Crippen LogP contribution in [0.3, 0.4) is 0 Å². The van der Waals surface area contributed by atoms with Gasteiger partial charge in [-0.3, -0.25) is 19.2 Å². The number of rotatable bonds is 17. The molecule has 2 N–H and O–H groups in total. The molecule has 1 aromatic rings. The van der Waals surface area contributed by atoms with Gasteiger partial charge in [0.15, 0.2) is 0 Å². The maximum Gasteiger partial charge on any atom is 0.313 e. The number of carbonyl (C=O) groups excluding carboxylic acids is 4. The molecule has 0 saturated carbocycles. The van der Waals surface area contributed by atoms with Crippen molar-refractivity contribution < 1.29 is 33.8 Å². The fourth-order valence-electron chi connectivity index (χ4n) is 7.31. The van der Waals surface area contributed by atoms with Crippen molar-refractivity contribution in [2.75, 3.05) is 19.7 Å². The zero-order valence-corrected chi connectivity index (χ0v) is 26.9. The first-order valence-electron chi connectivity index (χ1n) is 16.3. The highest BCUT2D eigenvalue weighted by molar-refractivity contribution is 5.98. The Bertz CT molecular complexity index is 1240. The highest BCUT2D eigenvalue weighted by atomic mass is 16.6. The molecule has 3 heterocycles. The van der Waals surface area contributed by atoms with Crippen molar-refractivity contribution >= 4 is 23.7 Å². The number of allylic oxidation sites excluding steroid dienone is 1. The largest absolute Gasteiger partial charge is 0.455 e. The number of benzene rings is 1. The van der Waals surface area contributed by atoms with Gasteiger partial charge in [-0.2, -0.15) is 0 Å². The van der Waals surface area contributed by atoms with E-state index in [0.29, 0.717) is 37.9 Å². The zero-order chi connectivity index (χ0) is 32.7. The Morgan fingerprint density at radius 2 is 1.93 bits per heavy atom. The monoisotopic (exact) mass is 623 g/mol. The number of aliphatic hydroxyl groups excluding tert-OH is 1. The normalized spacial score (nSPS) is 26.9. The lowest BCUT2D eigenvalue weighted by atomic mass is 9.70. The quantitative estimate of drug-likeness (QED) is 0.154. The molecule has 3 saturated heterocycles. The molecule has 10 nitrogen and oxygen atoms in total. The molecule has 0 radical (unpaired) electrons. The fourth-order valence-corrected chi connectivity index (χ4v) is 7.31. The Morgan fingerprint density at radius 3 is 2.58 bits per heavy atom. The van der Waals surface area contributed by atoms with Gasteiger partial charge in [0, 0.05) is 19.5 Å². The van der Waals surface area contributed by atoms with E-state index in [2.05, 4.69) is 25.4 Å². The molecule has 3 aliphatic rings. The molecular formula is C35H49N3O7. The summed E-state index contributed by atoms with van der Waals surface area (Å²) in [4.78, 5) is 58.4. The van der Waals surface area contributed by atoms with E-state index in [9.17, 15) is 24.3 Å². The van der Waals surface area contributed by atoms with Crippen LogP contribution in [-0.2, 0) is 28.7 Å². The minimum Gasteiger partial charge on any atom is -0.455 e. The van der Waals surface area contributed by atoms with Gasteiger partial charge in [-0.05, 0) is 45.1 Å². The topological polar surface area (TPSA) is 125 Å². The maximum atomic E-state index is 14.3. The number of ether oxygens (including phenoxy) is 2. The van der Waals surface area contributed by atoms with Gasteiger partial charge in [-0.1, -0.05) is 62.2 Å². The van der Waals surface area contributed by atoms with E-state index >= 15 is 0 Å². The predicted molar refractivity (Wildman–Crippen MR) is 170 cm³/mol. The summed E-state index contributed by atoms with van der Waals surface area (Å²) in [7, 11) is 0. The zero-order valence-electron chi connectivity index (χ0n) is 26.9. The Balaban J connectivity index is 1.64. The third-order valence-corrected chi connectivity index (χ3v) is 9.47. The Hall–Kier alpha value is -3.50. The van der Waals surface area contributed by atoms with Crippen molar-refractivity contribution in [1.29, 1.82) is 0 Å². The van der Waals surface area contributed by atoms with E-state index in [1.165, 1.54) is 4.90 Å². The molecule has 45 heavy (non-hydrogen) atoms. The number of hydrogen-bond acceptors (Lipinski definition) is 7. The number of unbranched alkanes of at least 4 members (excludes halogenated alkanes) is 2. The second-order valence-corrected chi connectivity index (χ2v) is 12.6.